The van der Waals surface area contributed by atoms with Gasteiger partial charge in [0.15, 0.2) is 0 Å². The molecule has 0 unspecified atom stereocenters. The highest BCUT2D eigenvalue weighted by molar-refractivity contribution is 5.64. The van der Waals surface area contributed by atoms with E-state index < -0.39 is 6.09 Å². The average molecular weight is 227 g/mol. The lowest BCUT2D eigenvalue weighted by Crippen LogP contribution is -2.57. The SMILES string of the molecule is CC(C)(C)N(C(=O)[O-])[C@@H]1CCC[C@@H](CN)C1. The molecule has 1 aliphatic rings. The van der Waals surface area contributed by atoms with E-state index in [0.717, 1.165) is 25.7 Å². The molecule has 94 valence electrons. The molecule has 0 saturated heterocycles. The fourth-order valence-electron chi connectivity index (χ4n) is 2.68. The molecule has 1 rings (SSSR count). The van der Waals surface area contributed by atoms with Crippen LogP contribution in [0.1, 0.15) is 46.5 Å². The van der Waals surface area contributed by atoms with Gasteiger partial charge >= 0.3 is 0 Å². The third-order valence-corrected chi connectivity index (χ3v) is 3.37. The lowest BCUT2D eigenvalue weighted by molar-refractivity contribution is -0.274. The van der Waals surface area contributed by atoms with Crippen LogP contribution in [0.2, 0.25) is 0 Å². The first kappa shape index (κ1) is 13.3. The van der Waals surface area contributed by atoms with Gasteiger partial charge in [0.1, 0.15) is 6.09 Å². The Kier molecular flexibility index (Phi) is 4.19. The van der Waals surface area contributed by atoms with Gasteiger partial charge in [0.25, 0.3) is 0 Å². The summed E-state index contributed by atoms with van der Waals surface area (Å²) in [6.07, 6.45) is 2.93. The van der Waals surface area contributed by atoms with Crippen molar-refractivity contribution in [2.45, 2.75) is 58.0 Å². The first-order chi connectivity index (χ1) is 7.36. The Morgan fingerprint density at radius 3 is 2.50 bits per heavy atom. The fraction of sp³-hybridized carbons (Fsp3) is 0.917. The largest absolute Gasteiger partial charge is 0.530 e. The van der Waals surface area contributed by atoms with Gasteiger partial charge in [0.2, 0.25) is 0 Å². The van der Waals surface area contributed by atoms with E-state index in [-0.39, 0.29) is 11.6 Å². The molecule has 0 aromatic carbocycles. The summed E-state index contributed by atoms with van der Waals surface area (Å²) in [4.78, 5) is 12.7. The predicted molar refractivity (Wildman–Crippen MR) is 61.8 cm³/mol. The summed E-state index contributed by atoms with van der Waals surface area (Å²) in [5.41, 5.74) is 5.28. The smallest absolute Gasteiger partial charge is 0.137 e. The van der Waals surface area contributed by atoms with Gasteiger partial charge in [-0.05, 0) is 52.5 Å². The van der Waals surface area contributed by atoms with Crippen LogP contribution in [0.3, 0.4) is 0 Å². The van der Waals surface area contributed by atoms with Crippen LogP contribution in [0.15, 0.2) is 0 Å². The van der Waals surface area contributed by atoms with E-state index in [1.807, 2.05) is 20.8 Å². The summed E-state index contributed by atoms with van der Waals surface area (Å²) < 4.78 is 0. The van der Waals surface area contributed by atoms with Crippen LogP contribution in [-0.2, 0) is 0 Å². The molecule has 1 aliphatic carbocycles. The Morgan fingerprint density at radius 2 is 2.06 bits per heavy atom. The highest BCUT2D eigenvalue weighted by Gasteiger charge is 2.32. The number of rotatable bonds is 2. The second-order valence-corrected chi connectivity index (χ2v) is 5.73. The van der Waals surface area contributed by atoms with Crippen molar-refractivity contribution >= 4 is 6.09 Å². The highest BCUT2D eigenvalue weighted by Crippen LogP contribution is 2.30. The standard InChI is InChI=1S/C12H24N2O2/c1-12(2,3)14(11(15)16)10-6-4-5-9(7-10)8-13/h9-10H,4-8,13H2,1-3H3,(H,15,16)/p-1/t9-,10-/m1/s1. The summed E-state index contributed by atoms with van der Waals surface area (Å²) in [5.74, 6) is 0.461. The second kappa shape index (κ2) is 5.04. The zero-order valence-electron chi connectivity index (χ0n) is 10.5. The number of carbonyl (C=O) groups excluding carboxylic acids is 1. The normalized spacial score (nSPS) is 26.5. The molecule has 0 bridgehead atoms. The molecule has 0 aromatic heterocycles. The van der Waals surface area contributed by atoms with E-state index >= 15 is 0 Å². The van der Waals surface area contributed by atoms with Crippen molar-refractivity contribution in [3.63, 3.8) is 0 Å². The van der Waals surface area contributed by atoms with Crippen LogP contribution in [0.5, 0.6) is 0 Å². The van der Waals surface area contributed by atoms with Gasteiger partial charge in [-0.1, -0.05) is 6.42 Å². The first-order valence-corrected chi connectivity index (χ1v) is 6.06. The molecule has 16 heavy (non-hydrogen) atoms. The van der Waals surface area contributed by atoms with Crippen LogP contribution in [0.4, 0.5) is 4.79 Å². The van der Waals surface area contributed by atoms with Crippen molar-refractivity contribution in [2.75, 3.05) is 6.54 Å². The van der Waals surface area contributed by atoms with Gasteiger partial charge < -0.3 is 20.5 Å². The summed E-state index contributed by atoms with van der Waals surface area (Å²) >= 11 is 0. The van der Waals surface area contributed by atoms with Gasteiger partial charge in [-0.25, -0.2) is 0 Å². The van der Waals surface area contributed by atoms with Crippen molar-refractivity contribution in [1.29, 1.82) is 0 Å². The minimum Gasteiger partial charge on any atom is -0.530 e. The number of amides is 1. The molecule has 0 heterocycles. The van der Waals surface area contributed by atoms with Crippen molar-refractivity contribution in [1.82, 2.24) is 4.90 Å². The van der Waals surface area contributed by atoms with Crippen LogP contribution in [0.25, 0.3) is 0 Å². The predicted octanol–water partition coefficient (Wildman–Crippen LogP) is 0.948. The molecule has 4 heteroatoms. The second-order valence-electron chi connectivity index (χ2n) is 5.73. The number of nitrogens with two attached hydrogens (primary N) is 1. The average Bonchev–Trinajstić information content (AvgIpc) is 2.15. The number of hydrogen-bond donors (Lipinski definition) is 1. The van der Waals surface area contributed by atoms with E-state index in [1.165, 1.54) is 4.90 Å². The molecule has 0 aliphatic heterocycles. The lowest BCUT2D eigenvalue weighted by Gasteiger charge is -2.46. The van der Waals surface area contributed by atoms with Crippen molar-refractivity contribution in [3.05, 3.63) is 0 Å². The third kappa shape index (κ3) is 3.11. The van der Waals surface area contributed by atoms with Crippen LogP contribution in [0, 0.1) is 5.92 Å². The minimum absolute atomic E-state index is 0.0762. The van der Waals surface area contributed by atoms with Crippen LogP contribution in [-0.4, -0.2) is 29.1 Å². The summed E-state index contributed by atoms with van der Waals surface area (Å²) in [7, 11) is 0. The Hall–Kier alpha value is -0.770. The molecule has 0 spiro atoms. The fourth-order valence-corrected chi connectivity index (χ4v) is 2.68. The van der Waals surface area contributed by atoms with E-state index in [4.69, 9.17) is 5.73 Å². The monoisotopic (exact) mass is 227 g/mol. The van der Waals surface area contributed by atoms with E-state index in [2.05, 4.69) is 0 Å². The topological polar surface area (TPSA) is 69.4 Å². The van der Waals surface area contributed by atoms with Gasteiger partial charge in [-0.2, -0.15) is 0 Å². The molecule has 1 saturated carbocycles. The molecule has 2 atom stereocenters. The van der Waals surface area contributed by atoms with Gasteiger partial charge in [0, 0.05) is 11.6 Å². The third-order valence-electron chi connectivity index (χ3n) is 3.37. The first-order valence-electron chi connectivity index (χ1n) is 6.06. The Balaban J connectivity index is 2.75. The maximum absolute atomic E-state index is 11.2. The van der Waals surface area contributed by atoms with E-state index in [9.17, 15) is 9.90 Å². The maximum atomic E-state index is 11.2. The number of hydrogen-bond acceptors (Lipinski definition) is 3. The number of nitrogens with zero attached hydrogens (tertiary/aromatic N) is 1. The zero-order valence-corrected chi connectivity index (χ0v) is 10.5. The summed E-state index contributed by atoms with van der Waals surface area (Å²) in [6.45, 7) is 6.39. The van der Waals surface area contributed by atoms with E-state index in [0.29, 0.717) is 12.5 Å². The Morgan fingerprint density at radius 1 is 1.44 bits per heavy atom. The lowest BCUT2D eigenvalue weighted by atomic mass is 9.83. The Labute approximate surface area is 97.8 Å². The summed E-state index contributed by atoms with van der Waals surface area (Å²) in [5, 5.41) is 11.2. The van der Waals surface area contributed by atoms with Gasteiger partial charge in [-0.15, -0.1) is 0 Å². The quantitative estimate of drug-likeness (QED) is 0.763. The molecule has 4 nitrogen and oxygen atoms in total. The van der Waals surface area contributed by atoms with Crippen molar-refractivity contribution in [2.24, 2.45) is 11.7 Å². The maximum Gasteiger partial charge on any atom is 0.137 e. The van der Waals surface area contributed by atoms with Gasteiger partial charge in [-0.3, -0.25) is 0 Å². The molecule has 2 N–H and O–H groups in total. The highest BCUT2D eigenvalue weighted by atomic mass is 16.4. The molecule has 0 radical (unpaired) electrons. The molecular formula is C12H23N2O2-. The van der Waals surface area contributed by atoms with E-state index in [1.54, 1.807) is 0 Å². The number of carboxylic acid groups (broad SMARTS) is 1. The minimum atomic E-state index is -1.06. The van der Waals surface area contributed by atoms with Crippen LogP contribution < -0.4 is 10.8 Å². The summed E-state index contributed by atoms with van der Waals surface area (Å²) in [6, 6.07) is 0.0762. The molecule has 1 fully saturated rings. The van der Waals surface area contributed by atoms with Crippen molar-refractivity contribution < 1.29 is 9.90 Å². The molecule has 0 aromatic rings. The number of carbonyl (C=O) groups is 1. The van der Waals surface area contributed by atoms with Crippen molar-refractivity contribution in [3.8, 4) is 0 Å². The van der Waals surface area contributed by atoms with Gasteiger partial charge in [0.05, 0.1) is 0 Å². The van der Waals surface area contributed by atoms with Crippen LogP contribution >= 0.6 is 0 Å². The molecule has 1 amide bonds. The Bertz CT molecular complexity index is 248. The zero-order chi connectivity index (χ0) is 12.3. The molecular weight excluding hydrogens is 204 g/mol.